The summed E-state index contributed by atoms with van der Waals surface area (Å²) in [7, 11) is 0. The maximum Gasteiger partial charge on any atom is 0.337 e. The fourth-order valence-electron chi connectivity index (χ4n) is 1.14. The molecular weight excluding hydrogens is 210 g/mol. The maximum absolute atomic E-state index is 11.4. The Morgan fingerprint density at radius 2 is 2.44 bits per heavy atom. The Morgan fingerprint density at radius 1 is 1.62 bits per heavy atom. The van der Waals surface area contributed by atoms with Crippen molar-refractivity contribution in [2.75, 3.05) is 19.8 Å². The molecule has 0 aliphatic carbocycles. The number of ether oxygens (including phenoxy) is 2. The van der Waals surface area contributed by atoms with E-state index in [0.717, 1.165) is 6.42 Å². The van der Waals surface area contributed by atoms with E-state index in [1.165, 1.54) is 6.26 Å². The summed E-state index contributed by atoms with van der Waals surface area (Å²) in [6, 6.07) is 0. The topological polar surface area (TPSA) is 64.6 Å². The van der Waals surface area contributed by atoms with Gasteiger partial charge in [0.1, 0.15) is 0 Å². The van der Waals surface area contributed by atoms with Gasteiger partial charge < -0.3 is 14.8 Å². The van der Waals surface area contributed by atoms with Crippen molar-refractivity contribution >= 4 is 11.9 Å². The minimum atomic E-state index is -0.518. The van der Waals surface area contributed by atoms with E-state index in [2.05, 4.69) is 11.2 Å². The molecular formula is C11H13NO4. The van der Waals surface area contributed by atoms with Gasteiger partial charge in [-0.3, -0.25) is 4.79 Å². The fourth-order valence-corrected chi connectivity index (χ4v) is 1.14. The van der Waals surface area contributed by atoms with Crippen LogP contribution >= 0.6 is 0 Å². The molecule has 0 aromatic rings. The lowest BCUT2D eigenvalue weighted by Gasteiger charge is -2.12. The molecule has 16 heavy (non-hydrogen) atoms. The van der Waals surface area contributed by atoms with Crippen LogP contribution in [0.15, 0.2) is 11.8 Å². The molecule has 5 heteroatoms. The number of terminal acetylenes is 1. The summed E-state index contributed by atoms with van der Waals surface area (Å²) in [5.74, 6) is 1.31. The number of nitrogens with one attached hydrogen (secondary N) is 1. The van der Waals surface area contributed by atoms with Gasteiger partial charge >= 0.3 is 5.97 Å². The zero-order chi connectivity index (χ0) is 11.8. The van der Waals surface area contributed by atoms with Crippen LogP contribution < -0.4 is 5.32 Å². The van der Waals surface area contributed by atoms with Crippen molar-refractivity contribution in [2.24, 2.45) is 0 Å². The van der Waals surface area contributed by atoms with Crippen LogP contribution in [-0.4, -0.2) is 31.6 Å². The lowest BCUT2D eigenvalue weighted by Crippen LogP contribution is -2.29. The lowest BCUT2D eigenvalue weighted by molar-refractivity contribution is -0.145. The molecule has 5 nitrogen and oxygen atoms in total. The molecule has 0 aromatic carbocycles. The van der Waals surface area contributed by atoms with Crippen molar-refractivity contribution in [3.8, 4) is 12.3 Å². The van der Waals surface area contributed by atoms with E-state index >= 15 is 0 Å². The van der Waals surface area contributed by atoms with E-state index in [4.69, 9.17) is 15.9 Å². The Labute approximate surface area is 93.8 Å². The number of hydrogen-bond acceptors (Lipinski definition) is 4. The van der Waals surface area contributed by atoms with Crippen molar-refractivity contribution in [1.82, 2.24) is 5.32 Å². The first-order valence-electron chi connectivity index (χ1n) is 4.92. The highest BCUT2D eigenvalue weighted by Gasteiger charge is 2.15. The van der Waals surface area contributed by atoms with Crippen LogP contribution in [-0.2, 0) is 19.1 Å². The lowest BCUT2D eigenvalue weighted by atomic mass is 10.1. The van der Waals surface area contributed by atoms with Crippen LogP contribution in [0.5, 0.6) is 0 Å². The number of carbonyl (C=O) groups is 2. The van der Waals surface area contributed by atoms with Crippen LogP contribution in [0.1, 0.15) is 12.8 Å². The maximum atomic E-state index is 11.4. The Balaban J connectivity index is 2.27. The first-order chi connectivity index (χ1) is 7.74. The molecule has 0 unspecified atom stereocenters. The van der Waals surface area contributed by atoms with E-state index in [1.54, 1.807) is 0 Å². The second-order valence-corrected chi connectivity index (χ2v) is 3.17. The number of esters is 1. The number of hydrogen-bond donors (Lipinski definition) is 1. The van der Waals surface area contributed by atoms with Gasteiger partial charge in [0.05, 0.1) is 25.0 Å². The summed E-state index contributed by atoms with van der Waals surface area (Å²) in [6.45, 7) is 0.416. The van der Waals surface area contributed by atoms with Crippen LogP contribution in [0.4, 0.5) is 0 Å². The highest BCUT2D eigenvalue weighted by atomic mass is 16.5. The van der Waals surface area contributed by atoms with Crippen molar-refractivity contribution < 1.29 is 19.1 Å². The summed E-state index contributed by atoms with van der Waals surface area (Å²) in [5.41, 5.74) is 0.455. The van der Waals surface area contributed by atoms with E-state index in [0.29, 0.717) is 18.6 Å². The zero-order valence-electron chi connectivity index (χ0n) is 8.82. The average Bonchev–Trinajstić information content (AvgIpc) is 2.34. The van der Waals surface area contributed by atoms with Gasteiger partial charge in [-0.1, -0.05) is 5.92 Å². The van der Waals surface area contributed by atoms with Crippen molar-refractivity contribution in [3.63, 3.8) is 0 Å². The van der Waals surface area contributed by atoms with E-state index in [-0.39, 0.29) is 13.2 Å². The second-order valence-electron chi connectivity index (χ2n) is 3.17. The van der Waals surface area contributed by atoms with Gasteiger partial charge in [-0.25, -0.2) is 4.79 Å². The molecule has 1 rings (SSSR count). The Hall–Kier alpha value is -1.96. The molecule has 0 radical (unpaired) electrons. The number of rotatable bonds is 4. The predicted octanol–water partition coefficient (Wildman–Crippen LogP) is -0.0267. The minimum Gasteiger partial charge on any atom is -0.501 e. The van der Waals surface area contributed by atoms with E-state index in [9.17, 15) is 9.59 Å². The summed E-state index contributed by atoms with van der Waals surface area (Å²) >= 11 is 0. The van der Waals surface area contributed by atoms with Gasteiger partial charge in [-0.05, 0) is 12.8 Å². The molecule has 0 fully saturated rings. The molecule has 1 N–H and O–H groups in total. The molecule has 0 atom stereocenters. The highest BCUT2D eigenvalue weighted by Crippen LogP contribution is 2.12. The molecule has 86 valence electrons. The van der Waals surface area contributed by atoms with Gasteiger partial charge in [0.15, 0.2) is 6.61 Å². The van der Waals surface area contributed by atoms with Crippen LogP contribution in [0.3, 0.4) is 0 Å². The molecule has 1 aliphatic rings. The Bertz CT molecular complexity index is 340. The van der Waals surface area contributed by atoms with Crippen molar-refractivity contribution in [3.05, 3.63) is 11.8 Å². The predicted molar refractivity (Wildman–Crippen MR) is 56.1 cm³/mol. The molecule has 1 heterocycles. The van der Waals surface area contributed by atoms with Gasteiger partial charge in [-0.15, -0.1) is 6.42 Å². The first kappa shape index (κ1) is 12.1. The normalized spacial score (nSPS) is 14.1. The second kappa shape index (κ2) is 6.51. The standard InChI is InChI=1S/C11H13NO4/c1-2-5-12-10(13)8-16-11(14)9-4-3-6-15-7-9/h1,7H,3-6,8H2,(H,12,13). The molecule has 0 bridgehead atoms. The summed E-state index contributed by atoms with van der Waals surface area (Å²) in [4.78, 5) is 22.4. The van der Waals surface area contributed by atoms with Crippen LogP contribution in [0.25, 0.3) is 0 Å². The Kier molecular flexibility index (Phi) is 4.93. The van der Waals surface area contributed by atoms with Gasteiger partial charge in [-0.2, -0.15) is 0 Å². The SMILES string of the molecule is C#CCNC(=O)COC(=O)C1=COCCC1. The van der Waals surface area contributed by atoms with Gasteiger partial charge in [0.2, 0.25) is 0 Å². The van der Waals surface area contributed by atoms with Crippen LogP contribution in [0, 0.1) is 12.3 Å². The van der Waals surface area contributed by atoms with E-state index in [1.807, 2.05) is 0 Å². The largest absolute Gasteiger partial charge is 0.501 e. The molecule has 0 spiro atoms. The fraction of sp³-hybridized carbons (Fsp3) is 0.455. The quantitative estimate of drug-likeness (QED) is 0.537. The zero-order valence-corrected chi connectivity index (χ0v) is 8.82. The molecule has 0 saturated carbocycles. The molecule has 1 aliphatic heterocycles. The minimum absolute atomic E-state index is 0.127. The summed E-state index contributed by atoms with van der Waals surface area (Å²) < 4.78 is 9.76. The summed E-state index contributed by atoms with van der Waals surface area (Å²) in [6.07, 6.45) is 7.73. The molecule has 0 saturated heterocycles. The molecule has 0 aromatic heterocycles. The third-order valence-corrected chi connectivity index (χ3v) is 1.92. The number of amides is 1. The van der Waals surface area contributed by atoms with E-state index < -0.39 is 11.9 Å². The summed E-state index contributed by atoms with van der Waals surface area (Å²) in [5, 5.41) is 2.39. The third kappa shape index (κ3) is 4.05. The number of carbonyl (C=O) groups excluding carboxylic acids is 2. The first-order valence-corrected chi connectivity index (χ1v) is 4.92. The van der Waals surface area contributed by atoms with Crippen molar-refractivity contribution in [2.45, 2.75) is 12.8 Å². The highest BCUT2D eigenvalue weighted by molar-refractivity contribution is 5.90. The van der Waals surface area contributed by atoms with Crippen molar-refractivity contribution in [1.29, 1.82) is 0 Å². The van der Waals surface area contributed by atoms with Crippen LogP contribution in [0.2, 0.25) is 0 Å². The Morgan fingerprint density at radius 3 is 3.06 bits per heavy atom. The monoisotopic (exact) mass is 223 g/mol. The smallest absolute Gasteiger partial charge is 0.337 e. The van der Waals surface area contributed by atoms with Gasteiger partial charge in [0, 0.05) is 0 Å². The third-order valence-electron chi connectivity index (χ3n) is 1.92. The molecule has 1 amide bonds. The van der Waals surface area contributed by atoms with Gasteiger partial charge in [0.25, 0.3) is 5.91 Å². The average molecular weight is 223 g/mol.